The van der Waals surface area contributed by atoms with Crippen LogP contribution in [0.5, 0.6) is 5.88 Å². The van der Waals surface area contributed by atoms with Crippen LogP contribution in [-0.4, -0.2) is 31.9 Å². The van der Waals surface area contributed by atoms with Crippen LogP contribution >= 0.6 is 0 Å². The Kier molecular flexibility index (Phi) is 4.92. The average Bonchev–Trinajstić information content (AvgIpc) is 3.22. The Labute approximate surface area is 178 Å². The van der Waals surface area contributed by atoms with Gasteiger partial charge in [0.1, 0.15) is 11.3 Å². The van der Waals surface area contributed by atoms with E-state index in [0.29, 0.717) is 17.9 Å². The normalized spacial score (nSPS) is 16.1. The molecule has 0 spiro atoms. The van der Waals surface area contributed by atoms with Gasteiger partial charge in [0.15, 0.2) is 5.65 Å². The zero-order valence-corrected chi connectivity index (χ0v) is 16.8. The van der Waals surface area contributed by atoms with E-state index in [1.165, 1.54) is 6.08 Å². The number of hydrogen-bond donors (Lipinski definition) is 2. The van der Waals surface area contributed by atoms with Crippen molar-refractivity contribution in [1.82, 2.24) is 25.3 Å². The molecule has 1 aliphatic carbocycles. The van der Waals surface area contributed by atoms with E-state index in [4.69, 9.17) is 9.72 Å². The fraction of sp³-hybridized carbons (Fsp3) is 0.167. The fourth-order valence-corrected chi connectivity index (χ4v) is 3.86. The summed E-state index contributed by atoms with van der Waals surface area (Å²) in [5.74, 6) is 1.04. The quantitative estimate of drug-likeness (QED) is 0.478. The molecule has 7 heteroatoms. The highest BCUT2D eigenvalue weighted by molar-refractivity contribution is 5.94. The molecule has 0 fully saturated rings. The minimum atomic E-state index is -0.171. The number of hydrogen-bond acceptors (Lipinski definition) is 5. The zero-order chi connectivity index (χ0) is 21.2. The van der Waals surface area contributed by atoms with E-state index in [9.17, 15) is 4.79 Å². The molecule has 0 saturated carbocycles. The number of aromatic amines is 1. The number of carbonyl (C=O) groups is 1. The first-order chi connectivity index (χ1) is 15.2. The minimum absolute atomic E-state index is 0.0243. The maximum Gasteiger partial charge on any atom is 0.243 e. The van der Waals surface area contributed by atoms with Gasteiger partial charge in [-0.2, -0.15) is 0 Å². The molecule has 1 atom stereocenters. The van der Waals surface area contributed by atoms with Gasteiger partial charge in [-0.1, -0.05) is 18.7 Å². The van der Waals surface area contributed by atoms with Gasteiger partial charge >= 0.3 is 0 Å². The van der Waals surface area contributed by atoms with E-state index >= 15 is 0 Å². The Balaban J connectivity index is 1.42. The zero-order valence-electron chi connectivity index (χ0n) is 16.8. The average molecular weight is 411 g/mol. The molecule has 2 N–H and O–H groups in total. The first-order valence-corrected chi connectivity index (χ1v) is 10.2. The van der Waals surface area contributed by atoms with Crippen LogP contribution in [0.25, 0.3) is 33.2 Å². The Hall–Kier alpha value is -4.00. The van der Waals surface area contributed by atoms with Crippen LogP contribution in [0.1, 0.15) is 19.3 Å². The van der Waals surface area contributed by atoms with Crippen molar-refractivity contribution in [2.45, 2.75) is 25.3 Å². The molecule has 0 aliphatic heterocycles. The van der Waals surface area contributed by atoms with Crippen LogP contribution < -0.4 is 10.1 Å². The maximum absolute atomic E-state index is 11.6. The number of rotatable bonds is 5. The fourth-order valence-electron chi connectivity index (χ4n) is 3.86. The monoisotopic (exact) mass is 411 g/mol. The summed E-state index contributed by atoms with van der Waals surface area (Å²) in [6.07, 6.45) is 10.9. The van der Waals surface area contributed by atoms with Crippen molar-refractivity contribution < 1.29 is 9.53 Å². The third-order valence-electron chi connectivity index (χ3n) is 5.37. The molecule has 0 saturated heterocycles. The van der Waals surface area contributed by atoms with Crippen LogP contribution in [0.3, 0.4) is 0 Å². The van der Waals surface area contributed by atoms with E-state index in [-0.39, 0.29) is 11.9 Å². The molecule has 3 heterocycles. The molecule has 1 amide bonds. The molecular formula is C24H21N5O2. The van der Waals surface area contributed by atoms with Crippen LogP contribution in [0.4, 0.5) is 0 Å². The third kappa shape index (κ3) is 3.90. The summed E-state index contributed by atoms with van der Waals surface area (Å²) in [4.78, 5) is 28.3. The molecular weight excluding hydrogens is 390 g/mol. The third-order valence-corrected chi connectivity index (χ3v) is 5.37. The van der Waals surface area contributed by atoms with Crippen molar-refractivity contribution in [1.29, 1.82) is 0 Å². The second kappa shape index (κ2) is 8.02. The number of pyridine rings is 1. The standard InChI is InChI=1S/C24H21N5O2/c1-2-21(30)28-17-6-3-7-18(12-17)31-22-14-27-24-23(29-22)19(13-26-24)15-8-9-20-16(11-15)5-4-10-25-20/h2,4-5,7-11,13-14,17H,1,3,6,12H2,(H,26,27)(H,28,30). The molecule has 0 radical (unpaired) electrons. The Bertz CT molecular complexity index is 1320. The number of benzene rings is 1. The summed E-state index contributed by atoms with van der Waals surface area (Å²) >= 11 is 0. The highest BCUT2D eigenvalue weighted by atomic mass is 16.5. The summed E-state index contributed by atoms with van der Waals surface area (Å²) in [7, 11) is 0. The lowest BCUT2D eigenvalue weighted by Crippen LogP contribution is -2.35. The molecule has 4 aromatic rings. The van der Waals surface area contributed by atoms with Gasteiger partial charge in [-0.3, -0.25) is 9.78 Å². The van der Waals surface area contributed by atoms with Crippen LogP contribution in [0.15, 0.2) is 73.4 Å². The van der Waals surface area contributed by atoms with Crippen molar-refractivity contribution in [3.05, 3.63) is 73.4 Å². The van der Waals surface area contributed by atoms with Crippen LogP contribution in [0, 0.1) is 0 Å². The Morgan fingerprint density at radius 3 is 3.13 bits per heavy atom. The van der Waals surface area contributed by atoms with E-state index in [2.05, 4.69) is 32.9 Å². The molecule has 1 aliphatic rings. The van der Waals surface area contributed by atoms with E-state index in [0.717, 1.165) is 46.1 Å². The summed E-state index contributed by atoms with van der Waals surface area (Å²) in [5, 5.41) is 4.00. The molecule has 154 valence electrons. The van der Waals surface area contributed by atoms with Gasteiger partial charge in [-0.15, -0.1) is 0 Å². The van der Waals surface area contributed by atoms with Gasteiger partial charge in [0, 0.05) is 35.8 Å². The van der Waals surface area contributed by atoms with Gasteiger partial charge in [-0.05, 0) is 48.8 Å². The van der Waals surface area contributed by atoms with Crippen molar-refractivity contribution in [3.63, 3.8) is 0 Å². The van der Waals surface area contributed by atoms with Crippen LogP contribution in [0.2, 0.25) is 0 Å². The van der Waals surface area contributed by atoms with Gasteiger partial charge in [-0.25, -0.2) is 9.97 Å². The molecule has 3 aromatic heterocycles. The first kappa shape index (κ1) is 19.0. The smallest absolute Gasteiger partial charge is 0.243 e. The van der Waals surface area contributed by atoms with Crippen molar-refractivity contribution in [3.8, 4) is 17.0 Å². The predicted molar refractivity (Wildman–Crippen MR) is 119 cm³/mol. The summed E-state index contributed by atoms with van der Waals surface area (Å²) in [6, 6.07) is 10.1. The minimum Gasteiger partial charge on any atom is -0.442 e. The lowest BCUT2D eigenvalue weighted by atomic mass is 10.0. The summed E-state index contributed by atoms with van der Waals surface area (Å²) < 4.78 is 6.03. The number of fused-ring (bicyclic) bond motifs is 2. The Morgan fingerprint density at radius 1 is 1.29 bits per heavy atom. The number of allylic oxidation sites excluding steroid dienone is 1. The van der Waals surface area contributed by atoms with E-state index in [1.807, 2.05) is 36.5 Å². The van der Waals surface area contributed by atoms with E-state index < -0.39 is 0 Å². The van der Waals surface area contributed by atoms with Crippen molar-refractivity contribution in [2.75, 3.05) is 0 Å². The van der Waals surface area contributed by atoms with Gasteiger partial charge in [0.25, 0.3) is 0 Å². The highest BCUT2D eigenvalue weighted by Gasteiger charge is 2.19. The molecule has 31 heavy (non-hydrogen) atoms. The lowest BCUT2D eigenvalue weighted by molar-refractivity contribution is -0.117. The van der Waals surface area contributed by atoms with Gasteiger partial charge in [0.2, 0.25) is 11.8 Å². The van der Waals surface area contributed by atoms with Gasteiger partial charge in [0.05, 0.1) is 11.7 Å². The molecule has 1 unspecified atom stereocenters. The summed E-state index contributed by atoms with van der Waals surface area (Å²) in [5.41, 5.74) is 4.37. The highest BCUT2D eigenvalue weighted by Crippen LogP contribution is 2.30. The largest absolute Gasteiger partial charge is 0.442 e. The maximum atomic E-state index is 11.6. The van der Waals surface area contributed by atoms with Crippen molar-refractivity contribution in [2.24, 2.45) is 0 Å². The summed E-state index contributed by atoms with van der Waals surface area (Å²) in [6.45, 7) is 3.50. The van der Waals surface area contributed by atoms with E-state index in [1.54, 1.807) is 12.4 Å². The number of carbonyl (C=O) groups excluding carboxylic acids is 1. The SMILES string of the molecule is C=CC(=O)NC1CCC=C(Oc2cnc3[nH]cc(-c4ccc5ncccc5c4)c3n2)C1. The second-order valence-electron chi connectivity index (χ2n) is 7.48. The predicted octanol–water partition coefficient (Wildman–Crippen LogP) is 4.29. The number of ether oxygens (including phenoxy) is 1. The van der Waals surface area contributed by atoms with Gasteiger partial charge < -0.3 is 15.0 Å². The van der Waals surface area contributed by atoms with Crippen molar-refractivity contribution >= 4 is 28.0 Å². The molecule has 7 nitrogen and oxygen atoms in total. The number of amides is 1. The number of nitrogens with one attached hydrogen (secondary N) is 2. The molecule has 5 rings (SSSR count). The number of nitrogens with zero attached hydrogens (tertiary/aromatic N) is 3. The molecule has 0 bridgehead atoms. The topological polar surface area (TPSA) is 92.8 Å². The molecule has 1 aromatic carbocycles. The second-order valence-corrected chi connectivity index (χ2v) is 7.48. The number of aromatic nitrogens is 4. The first-order valence-electron chi connectivity index (χ1n) is 10.2. The Morgan fingerprint density at radius 2 is 2.23 bits per heavy atom. The lowest BCUT2D eigenvalue weighted by Gasteiger charge is -2.23. The van der Waals surface area contributed by atoms with Crippen LogP contribution in [-0.2, 0) is 4.79 Å². The number of H-pyrrole nitrogens is 1.